The predicted molar refractivity (Wildman–Crippen MR) is 80.1 cm³/mol. The van der Waals surface area contributed by atoms with Crippen LogP contribution in [0.25, 0.3) is 0 Å². The maximum absolute atomic E-state index is 10.8. The summed E-state index contributed by atoms with van der Waals surface area (Å²) in [6, 6.07) is 7.83. The van der Waals surface area contributed by atoms with Gasteiger partial charge < -0.3 is 10.8 Å². The van der Waals surface area contributed by atoms with Crippen LogP contribution in [-0.2, 0) is 17.8 Å². The van der Waals surface area contributed by atoms with Crippen LogP contribution in [-0.4, -0.2) is 34.1 Å². The number of rotatable bonds is 7. The van der Waals surface area contributed by atoms with Gasteiger partial charge in [0.15, 0.2) is 0 Å². The quantitative estimate of drug-likeness (QED) is 0.746. The van der Waals surface area contributed by atoms with Gasteiger partial charge in [0.2, 0.25) is 0 Å². The number of nitrogens with zero attached hydrogens (tertiary/aromatic N) is 1. The van der Waals surface area contributed by atoms with Crippen molar-refractivity contribution in [3.05, 3.63) is 35.4 Å². The van der Waals surface area contributed by atoms with E-state index in [2.05, 4.69) is 11.8 Å². The zero-order chi connectivity index (χ0) is 14.4. The fourth-order valence-corrected chi connectivity index (χ4v) is 2.16. The standard InChI is InChI=1S/C14H20N2O2S/c1-10(7-13(15)19)16(2)9-12-6-4-3-5-11(12)8-14(17)18/h3-6,10H,7-9H2,1-2H3,(H2,15,19)(H,17,18). The van der Waals surface area contributed by atoms with Crippen LogP contribution in [0.3, 0.4) is 0 Å². The van der Waals surface area contributed by atoms with Crippen LogP contribution < -0.4 is 5.73 Å². The maximum Gasteiger partial charge on any atom is 0.307 e. The molecule has 0 radical (unpaired) electrons. The summed E-state index contributed by atoms with van der Waals surface area (Å²) in [6.07, 6.45) is 0.709. The van der Waals surface area contributed by atoms with Crippen LogP contribution in [0, 0.1) is 0 Å². The van der Waals surface area contributed by atoms with Gasteiger partial charge in [-0.3, -0.25) is 9.69 Å². The van der Waals surface area contributed by atoms with E-state index >= 15 is 0 Å². The smallest absolute Gasteiger partial charge is 0.307 e. The van der Waals surface area contributed by atoms with E-state index in [1.54, 1.807) is 0 Å². The second kappa shape index (κ2) is 7.21. The minimum absolute atomic E-state index is 0.0493. The van der Waals surface area contributed by atoms with Gasteiger partial charge >= 0.3 is 5.97 Å². The molecule has 0 amide bonds. The van der Waals surface area contributed by atoms with Crippen molar-refractivity contribution in [3.63, 3.8) is 0 Å². The molecule has 5 heteroatoms. The van der Waals surface area contributed by atoms with Crippen LogP contribution in [0.15, 0.2) is 24.3 Å². The zero-order valence-corrected chi connectivity index (χ0v) is 12.1. The number of hydrogen-bond donors (Lipinski definition) is 2. The number of carboxylic acids is 1. The Kier molecular flexibility index (Phi) is 5.92. The average molecular weight is 280 g/mol. The summed E-state index contributed by atoms with van der Waals surface area (Å²) in [4.78, 5) is 13.5. The highest BCUT2D eigenvalue weighted by atomic mass is 32.1. The first-order chi connectivity index (χ1) is 8.90. The summed E-state index contributed by atoms with van der Waals surface area (Å²) in [5, 5.41) is 8.91. The second-order valence-corrected chi connectivity index (χ2v) is 5.30. The third-order valence-electron chi connectivity index (χ3n) is 3.13. The fraction of sp³-hybridized carbons (Fsp3) is 0.429. The molecule has 0 aromatic heterocycles. The largest absolute Gasteiger partial charge is 0.481 e. The van der Waals surface area contributed by atoms with Crippen LogP contribution in [0.1, 0.15) is 24.5 Å². The van der Waals surface area contributed by atoms with Crippen LogP contribution >= 0.6 is 12.2 Å². The molecular formula is C14H20N2O2S. The third-order valence-corrected chi connectivity index (χ3v) is 3.30. The second-order valence-electron chi connectivity index (χ2n) is 4.77. The molecule has 1 aromatic rings. The normalized spacial score (nSPS) is 12.4. The SMILES string of the molecule is CC(CC(N)=S)N(C)Cc1ccccc1CC(=O)O. The number of hydrogen-bond acceptors (Lipinski definition) is 3. The van der Waals surface area contributed by atoms with Gasteiger partial charge in [0.25, 0.3) is 0 Å². The van der Waals surface area contributed by atoms with Gasteiger partial charge in [0.05, 0.1) is 11.4 Å². The monoisotopic (exact) mass is 280 g/mol. The summed E-state index contributed by atoms with van der Waals surface area (Å²) in [7, 11) is 1.99. The van der Waals surface area contributed by atoms with Crippen molar-refractivity contribution < 1.29 is 9.90 Å². The molecule has 1 rings (SSSR count). The zero-order valence-electron chi connectivity index (χ0n) is 11.3. The molecular weight excluding hydrogens is 260 g/mol. The highest BCUT2D eigenvalue weighted by Crippen LogP contribution is 2.14. The molecule has 0 aliphatic carbocycles. The van der Waals surface area contributed by atoms with E-state index in [1.807, 2.05) is 31.3 Å². The first-order valence-electron chi connectivity index (χ1n) is 6.17. The topological polar surface area (TPSA) is 66.6 Å². The molecule has 4 nitrogen and oxygen atoms in total. The third kappa shape index (κ3) is 5.36. The van der Waals surface area contributed by atoms with Crippen molar-refractivity contribution in [2.45, 2.75) is 32.4 Å². The minimum Gasteiger partial charge on any atom is -0.481 e. The number of thiocarbonyl (C=S) groups is 1. The maximum atomic E-state index is 10.8. The molecule has 1 unspecified atom stereocenters. The van der Waals surface area contributed by atoms with Gasteiger partial charge in [0, 0.05) is 19.0 Å². The average Bonchev–Trinajstić information content (AvgIpc) is 2.30. The van der Waals surface area contributed by atoms with Gasteiger partial charge in [-0.15, -0.1) is 0 Å². The molecule has 1 atom stereocenters. The summed E-state index contributed by atoms with van der Waals surface area (Å²) >= 11 is 4.91. The minimum atomic E-state index is -0.814. The molecule has 0 fully saturated rings. The number of carboxylic acid groups (broad SMARTS) is 1. The molecule has 1 aromatic carbocycles. The van der Waals surface area contributed by atoms with Crippen molar-refractivity contribution in [3.8, 4) is 0 Å². The Hall–Kier alpha value is -1.46. The summed E-state index contributed by atoms with van der Waals surface area (Å²) in [6.45, 7) is 2.74. The van der Waals surface area contributed by atoms with Gasteiger partial charge in [0.1, 0.15) is 0 Å². The molecule has 0 bridgehead atoms. The number of carbonyl (C=O) groups is 1. The Morgan fingerprint density at radius 2 is 2.00 bits per heavy atom. The van der Waals surface area contributed by atoms with E-state index < -0.39 is 5.97 Å². The van der Waals surface area contributed by atoms with Crippen molar-refractivity contribution in [2.24, 2.45) is 5.73 Å². The van der Waals surface area contributed by atoms with Gasteiger partial charge in [-0.2, -0.15) is 0 Å². The molecule has 0 aliphatic heterocycles. The Labute approximate surface area is 119 Å². The molecule has 0 heterocycles. The molecule has 0 spiro atoms. The van der Waals surface area contributed by atoms with E-state index in [0.29, 0.717) is 18.0 Å². The van der Waals surface area contributed by atoms with Crippen LogP contribution in [0.4, 0.5) is 0 Å². The Bertz CT molecular complexity index is 463. The van der Waals surface area contributed by atoms with Gasteiger partial charge in [-0.25, -0.2) is 0 Å². The Morgan fingerprint density at radius 3 is 2.53 bits per heavy atom. The molecule has 19 heavy (non-hydrogen) atoms. The predicted octanol–water partition coefficient (Wildman–Crippen LogP) is 1.81. The van der Waals surface area contributed by atoms with E-state index in [9.17, 15) is 4.79 Å². The lowest BCUT2D eigenvalue weighted by atomic mass is 10.0. The van der Waals surface area contributed by atoms with E-state index in [1.165, 1.54) is 0 Å². The van der Waals surface area contributed by atoms with Crippen molar-refractivity contribution in [1.29, 1.82) is 0 Å². The molecule has 0 saturated carbocycles. The lowest BCUT2D eigenvalue weighted by molar-refractivity contribution is -0.136. The van der Waals surface area contributed by atoms with E-state index in [0.717, 1.165) is 11.1 Å². The number of nitrogens with two attached hydrogens (primary N) is 1. The Morgan fingerprint density at radius 1 is 1.42 bits per heavy atom. The van der Waals surface area contributed by atoms with Crippen LogP contribution in [0.5, 0.6) is 0 Å². The Balaban J connectivity index is 2.75. The van der Waals surface area contributed by atoms with E-state index in [4.69, 9.17) is 23.1 Å². The molecule has 104 valence electrons. The van der Waals surface area contributed by atoms with Gasteiger partial charge in [-0.05, 0) is 25.1 Å². The number of benzene rings is 1. The lowest BCUT2D eigenvalue weighted by Crippen LogP contribution is -2.32. The van der Waals surface area contributed by atoms with Crippen molar-refractivity contribution in [2.75, 3.05) is 7.05 Å². The molecule has 3 N–H and O–H groups in total. The lowest BCUT2D eigenvalue weighted by Gasteiger charge is -2.25. The van der Waals surface area contributed by atoms with E-state index in [-0.39, 0.29) is 12.5 Å². The van der Waals surface area contributed by atoms with Crippen molar-refractivity contribution >= 4 is 23.2 Å². The molecule has 0 saturated heterocycles. The first-order valence-corrected chi connectivity index (χ1v) is 6.58. The highest BCUT2D eigenvalue weighted by molar-refractivity contribution is 7.80. The van der Waals surface area contributed by atoms with Gasteiger partial charge in [-0.1, -0.05) is 36.5 Å². The summed E-state index contributed by atoms with van der Waals surface area (Å²) in [5.74, 6) is -0.814. The summed E-state index contributed by atoms with van der Waals surface area (Å²) < 4.78 is 0. The first kappa shape index (κ1) is 15.6. The van der Waals surface area contributed by atoms with Crippen LogP contribution in [0.2, 0.25) is 0 Å². The summed E-state index contributed by atoms with van der Waals surface area (Å²) in [5.41, 5.74) is 7.43. The highest BCUT2D eigenvalue weighted by Gasteiger charge is 2.13. The number of aliphatic carboxylic acids is 1. The van der Waals surface area contributed by atoms with Crippen molar-refractivity contribution in [1.82, 2.24) is 4.90 Å². The molecule has 0 aliphatic rings. The fourth-order valence-electron chi connectivity index (χ4n) is 1.92.